The minimum absolute atomic E-state index is 0.410. The van der Waals surface area contributed by atoms with Crippen LogP contribution in [0.4, 0.5) is 0 Å². The zero-order chi connectivity index (χ0) is 12.9. The van der Waals surface area contributed by atoms with Crippen LogP contribution in [0.3, 0.4) is 0 Å². The van der Waals surface area contributed by atoms with Crippen molar-refractivity contribution in [3.05, 3.63) is 35.9 Å². The first-order chi connectivity index (χ1) is 9.42. The van der Waals surface area contributed by atoms with Crippen molar-refractivity contribution in [3.8, 4) is 0 Å². The van der Waals surface area contributed by atoms with Crippen molar-refractivity contribution < 1.29 is 4.74 Å². The Morgan fingerprint density at radius 3 is 3.00 bits per heavy atom. The Kier molecular flexibility index (Phi) is 4.41. The molecule has 0 radical (unpaired) electrons. The lowest BCUT2D eigenvalue weighted by Crippen LogP contribution is -2.23. The van der Waals surface area contributed by atoms with Crippen molar-refractivity contribution >= 4 is 16.9 Å². The van der Waals surface area contributed by atoms with E-state index in [2.05, 4.69) is 35.6 Å². The van der Waals surface area contributed by atoms with Crippen LogP contribution in [-0.4, -0.2) is 30.7 Å². The van der Waals surface area contributed by atoms with Crippen LogP contribution in [0.25, 0.3) is 0 Å². The molecule has 0 aromatic heterocycles. The Bertz CT molecular complexity index is 429. The van der Waals surface area contributed by atoms with E-state index in [1.165, 1.54) is 18.4 Å². The van der Waals surface area contributed by atoms with Gasteiger partial charge in [-0.2, -0.15) is 0 Å². The van der Waals surface area contributed by atoms with Crippen LogP contribution in [0.2, 0.25) is 0 Å². The van der Waals surface area contributed by atoms with Crippen LogP contribution in [0.15, 0.2) is 35.3 Å². The number of thioether (sulfide) groups is 1. The Hall–Kier alpha value is -1.00. The topological polar surface area (TPSA) is 33.6 Å². The van der Waals surface area contributed by atoms with Gasteiger partial charge in [0.25, 0.3) is 0 Å². The number of hydrogen-bond acceptors (Lipinski definition) is 3. The highest BCUT2D eigenvalue weighted by Gasteiger charge is 2.22. The number of ether oxygens (including phenoxy) is 1. The van der Waals surface area contributed by atoms with Gasteiger partial charge in [-0.3, -0.25) is 4.99 Å². The van der Waals surface area contributed by atoms with E-state index in [9.17, 15) is 0 Å². The molecular formula is C15H20N2OS. The Morgan fingerprint density at radius 2 is 2.21 bits per heavy atom. The van der Waals surface area contributed by atoms with Crippen molar-refractivity contribution in [3.63, 3.8) is 0 Å². The maximum Gasteiger partial charge on any atom is 0.157 e. The molecular weight excluding hydrogens is 256 g/mol. The van der Waals surface area contributed by atoms with E-state index in [0.29, 0.717) is 12.0 Å². The van der Waals surface area contributed by atoms with Crippen LogP contribution in [0.1, 0.15) is 24.4 Å². The Balaban J connectivity index is 1.53. The molecule has 0 spiro atoms. The van der Waals surface area contributed by atoms with Crippen molar-refractivity contribution in [2.45, 2.75) is 18.9 Å². The smallest absolute Gasteiger partial charge is 0.157 e. The summed E-state index contributed by atoms with van der Waals surface area (Å²) in [5.41, 5.74) is 1.35. The first-order valence-corrected chi connectivity index (χ1v) is 7.97. The molecule has 2 heterocycles. The molecule has 0 bridgehead atoms. The molecule has 0 aliphatic carbocycles. The van der Waals surface area contributed by atoms with Gasteiger partial charge in [-0.05, 0) is 18.4 Å². The van der Waals surface area contributed by atoms with Gasteiger partial charge in [0.15, 0.2) is 5.17 Å². The van der Waals surface area contributed by atoms with Crippen LogP contribution < -0.4 is 5.32 Å². The summed E-state index contributed by atoms with van der Waals surface area (Å²) in [6.45, 7) is 2.70. The summed E-state index contributed by atoms with van der Waals surface area (Å²) < 4.78 is 5.49. The van der Waals surface area contributed by atoms with E-state index in [4.69, 9.17) is 9.73 Å². The van der Waals surface area contributed by atoms with Gasteiger partial charge in [-0.1, -0.05) is 42.1 Å². The van der Waals surface area contributed by atoms with E-state index in [-0.39, 0.29) is 0 Å². The second kappa shape index (κ2) is 6.44. The summed E-state index contributed by atoms with van der Waals surface area (Å²) in [5.74, 6) is 1.68. The number of nitrogens with one attached hydrogen (secondary N) is 1. The molecule has 2 unspecified atom stereocenters. The summed E-state index contributed by atoms with van der Waals surface area (Å²) in [6, 6.07) is 11.0. The Labute approximate surface area is 118 Å². The fourth-order valence-corrected chi connectivity index (χ4v) is 3.51. The highest BCUT2D eigenvalue weighted by Crippen LogP contribution is 2.26. The largest absolute Gasteiger partial charge is 0.381 e. The predicted molar refractivity (Wildman–Crippen MR) is 80.6 cm³/mol. The number of rotatable bonds is 3. The molecule has 1 N–H and O–H groups in total. The molecule has 0 amide bonds. The van der Waals surface area contributed by atoms with E-state index >= 15 is 0 Å². The zero-order valence-electron chi connectivity index (χ0n) is 11.0. The lowest BCUT2D eigenvalue weighted by Gasteiger charge is -2.20. The van der Waals surface area contributed by atoms with E-state index in [1.807, 2.05) is 11.8 Å². The van der Waals surface area contributed by atoms with Crippen LogP contribution in [0.5, 0.6) is 0 Å². The van der Waals surface area contributed by atoms with Crippen molar-refractivity contribution in [1.29, 1.82) is 0 Å². The third-order valence-electron chi connectivity index (χ3n) is 3.63. The molecule has 3 nitrogen and oxygen atoms in total. The van der Waals surface area contributed by atoms with Gasteiger partial charge >= 0.3 is 0 Å². The maximum atomic E-state index is 5.49. The molecule has 0 saturated carbocycles. The third kappa shape index (κ3) is 3.51. The highest BCUT2D eigenvalue weighted by atomic mass is 32.2. The van der Waals surface area contributed by atoms with E-state index < -0.39 is 0 Å². The van der Waals surface area contributed by atoms with Crippen LogP contribution in [0, 0.1) is 5.92 Å². The Morgan fingerprint density at radius 1 is 1.32 bits per heavy atom. The summed E-state index contributed by atoms with van der Waals surface area (Å²) in [4.78, 5) is 4.71. The number of benzene rings is 1. The van der Waals surface area contributed by atoms with Crippen molar-refractivity contribution in [1.82, 2.24) is 5.32 Å². The molecule has 1 aromatic carbocycles. The molecule has 2 aliphatic rings. The fraction of sp³-hybridized carbons (Fsp3) is 0.533. The summed E-state index contributed by atoms with van der Waals surface area (Å²) in [5, 5.41) is 4.62. The molecule has 2 fully saturated rings. The first-order valence-electron chi connectivity index (χ1n) is 6.98. The molecule has 2 saturated heterocycles. The average Bonchev–Trinajstić information content (AvgIpc) is 2.96. The SMILES string of the molecule is c1ccc(C2CSC(=NCC3CCCOC3)N2)cc1. The minimum Gasteiger partial charge on any atom is -0.381 e. The number of hydrogen-bond donors (Lipinski definition) is 1. The molecule has 3 rings (SSSR count). The summed E-state index contributed by atoms with van der Waals surface area (Å²) in [6.07, 6.45) is 2.44. The van der Waals surface area contributed by atoms with Crippen molar-refractivity contribution in [2.75, 3.05) is 25.5 Å². The second-order valence-corrected chi connectivity index (χ2v) is 6.16. The summed E-state index contributed by atoms with van der Waals surface area (Å²) >= 11 is 1.83. The number of aliphatic imine (C=N–C) groups is 1. The highest BCUT2D eigenvalue weighted by molar-refractivity contribution is 8.14. The number of nitrogens with zero attached hydrogens (tertiary/aromatic N) is 1. The first kappa shape index (κ1) is 13.0. The van der Waals surface area contributed by atoms with E-state index in [1.54, 1.807) is 0 Å². The van der Waals surface area contributed by atoms with Gasteiger partial charge in [-0.15, -0.1) is 0 Å². The van der Waals surface area contributed by atoms with Gasteiger partial charge in [0.2, 0.25) is 0 Å². The molecule has 1 aromatic rings. The molecule has 2 atom stereocenters. The fourth-order valence-electron chi connectivity index (χ4n) is 2.51. The lowest BCUT2D eigenvalue weighted by atomic mass is 10.0. The lowest BCUT2D eigenvalue weighted by molar-refractivity contribution is 0.0582. The summed E-state index contributed by atoms with van der Waals surface area (Å²) in [7, 11) is 0. The van der Waals surface area contributed by atoms with Gasteiger partial charge in [0.05, 0.1) is 12.6 Å². The maximum absolute atomic E-state index is 5.49. The average molecular weight is 276 g/mol. The van der Waals surface area contributed by atoms with Crippen molar-refractivity contribution in [2.24, 2.45) is 10.9 Å². The number of amidine groups is 1. The zero-order valence-corrected chi connectivity index (χ0v) is 11.9. The molecule has 19 heavy (non-hydrogen) atoms. The van der Waals surface area contributed by atoms with Gasteiger partial charge in [0.1, 0.15) is 0 Å². The molecule has 4 heteroatoms. The van der Waals surface area contributed by atoms with Gasteiger partial charge in [0, 0.05) is 24.8 Å². The molecule has 2 aliphatic heterocycles. The second-order valence-electron chi connectivity index (χ2n) is 5.15. The van der Waals surface area contributed by atoms with Crippen LogP contribution >= 0.6 is 11.8 Å². The predicted octanol–water partition coefficient (Wildman–Crippen LogP) is 2.85. The van der Waals surface area contributed by atoms with Gasteiger partial charge in [-0.25, -0.2) is 0 Å². The quantitative estimate of drug-likeness (QED) is 0.921. The third-order valence-corrected chi connectivity index (χ3v) is 4.65. The standard InChI is InChI=1S/C15H20N2OS/c1-2-6-13(7-3-1)14-11-19-15(17-14)16-9-12-5-4-8-18-10-12/h1-3,6-7,12,14H,4-5,8-11H2,(H,16,17). The molecule has 102 valence electrons. The van der Waals surface area contributed by atoms with Gasteiger partial charge < -0.3 is 10.1 Å². The normalized spacial score (nSPS) is 29.4. The minimum atomic E-state index is 0.410. The van der Waals surface area contributed by atoms with E-state index in [0.717, 1.165) is 30.7 Å². The van der Waals surface area contributed by atoms with Crippen LogP contribution in [-0.2, 0) is 4.74 Å². The monoisotopic (exact) mass is 276 g/mol.